The van der Waals surface area contributed by atoms with Gasteiger partial charge in [0.25, 0.3) is 5.91 Å². The van der Waals surface area contributed by atoms with Crippen LogP contribution < -0.4 is 10.5 Å². The van der Waals surface area contributed by atoms with Gasteiger partial charge in [0.1, 0.15) is 17.5 Å². The van der Waals surface area contributed by atoms with Crippen molar-refractivity contribution in [2.45, 2.75) is 19.6 Å². The van der Waals surface area contributed by atoms with Gasteiger partial charge in [-0.05, 0) is 13.0 Å². The number of pyridine rings is 1. The second-order valence-corrected chi connectivity index (χ2v) is 5.98. The molecule has 0 atom stereocenters. The first-order valence-corrected chi connectivity index (χ1v) is 7.53. The number of hydrogen-bond donors (Lipinski definition) is 1. The Morgan fingerprint density at radius 2 is 2.33 bits per heavy atom. The number of aromatic nitrogens is 2. The SMILES string of the molecule is Cc1ncsc1CN1CC(Oc2ccnc(C(N)=O)c2)C1. The second kappa shape index (κ2) is 5.79. The van der Waals surface area contributed by atoms with Crippen molar-refractivity contribution in [3.05, 3.63) is 40.1 Å². The zero-order valence-corrected chi connectivity index (χ0v) is 12.5. The number of thiazole rings is 1. The highest BCUT2D eigenvalue weighted by atomic mass is 32.1. The summed E-state index contributed by atoms with van der Waals surface area (Å²) in [7, 11) is 0. The Labute approximate surface area is 126 Å². The van der Waals surface area contributed by atoms with Gasteiger partial charge in [0.2, 0.25) is 0 Å². The third-order valence-corrected chi connectivity index (χ3v) is 4.34. The van der Waals surface area contributed by atoms with E-state index in [9.17, 15) is 4.79 Å². The van der Waals surface area contributed by atoms with Crippen molar-refractivity contribution >= 4 is 17.2 Å². The van der Waals surface area contributed by atoms with Crippen LogP contribution in [0, 0.1) is 6.92 Å². The molecule has 0 spiro atoms. The summed E-state index contributed by atoms with van der Waals surface area (Å²) in [6, 6.07) is 3.32. The predicted molar refractivity (Wildman–Crippen MR) is 79.3 cm³/mol. The van der Waals surface area contributed by atoms with Crippen LogP contribution >= 0.6 is 11.3 Å². The molecule has 6 nitrogen and oxygen atoms in total. The van der Waals surface area contributed by atoms with Gasteiger partial charge in [0, 0.05) is 36.8 Å². The van der Waals surface area contributed by atoms with E-state index in [1.54, 1.807) is 23.5 Å². The Kier molecular flexibility index (Phi) is 3.85. The summed E-state index contributed by atoms with van der Waals surface area (Å²) in [5.41, 5.74) is 8.41. The number of carbonyl (C=O) groups excluding carboxylic acids is 1. The topological polar surface area (TPSA) is 81.3 Å². The van der Waals surface area contributed by atoms with Crippen LogP contribution in [-0.2, 0) is 6.54 Å². The molecule has 2 N–H and O–H groups in total. The molecule has 2 aromatic rings. The number of nitrogens with zero attached hydrogens (tertiary/aromatic N) is 3. The predicted octanol–water partition coefficient (Wildman–Crippen LogP) is 1.21. The lowest BCUT2D eigenvalue weighted by Gasteiger charge is -2.38. The quantitative estimate of drug-likeness (QED) is 0.898. The van der Waals surface area contributed by atoms with Crippen LogP contribution in [0.2, 0.25) is 0 Å². The molecule has 0 aromatic carbocycles. The van der Waals surface area contributed by atoms with Crippen molar-refractivity contribution in [1.82, 2.24) is 14.9 Å². The number of hydrogen-bond acceptors (Lipinski definition) is 6. The molecular weight excluding hydrogens is 288 g/mol. The third-order valence-electron chi connectivity index (χ3n) is 3.42. The minimum Gasteiger partial charge on any atom is -0.488 e. The third kappa shape index (κ3) is 3.20. The van der Waals surface area contributed by atoms with Gasteiger partial charge in [-0.3, -0.25) is 14.7 Å². The summed E-state index contributed by atoms with van der Waals surface area (Å²) >= 11 is 1.68. The van der Waals surface area contributed by atoms with Gasteiger partial charge in [-0.1, -0.05) is 0 Å². The first kappa shape index (κ1) is 14.0. The van der Waals surface area contributed by atoms with Gasteiger partial charge in [-0.25, -0.2) is 4.98 Å². The fraction of sp³-hybridized carbons (Fsp3) is 0.357. The molecule has 1 saturated heterocycles. The highest BCUT2D eigenvalue weighted by Gasteiger charge is 2.29. The summed E-state index contributed by atoms with van der Waals surface area (Å²) in [5.74, 6) is 0.0915. The van der Waals surface area contributed by atoms with Crippen molar-refractivity contribution in [1.29, 1.82) is 0 Å². The number of aryl methyl sites for hydroxylation is 1. The van der Waals surface area contributed by atoms with Crippen LogP contribution in [0.3, 0.4) is 0 Å². The minimum absolute atomic E-state index is 0.140. The lowest BCUT2D eigenvalue weighted by Crippen LogP contribution is -2.53. The van der Waals surface area contributed by atoms with Crippen LogP contribution in [0.1, 0.15) is 21.1 Å². The number of ether oxygens (including phenoxy) is 1. The van der Waals surface area contributed by atoms with E-state index >= 15 is 0 Å². The van der Waals surface area contributed by atoms with Gasteiger partial charge in [-0.15, -0.1) is 11.3 Å². The lowest BCUT2D eigenvalue weighted by molar-refractivity contribution is 0.0149. The van der Waals surface area contributed by atoms with E-state index in [2.05, 4.69) is 14.9 Å². The maximum atomic E-state index is 11.1. The van der Waals surface area contributed by atoms with Crippen LogP contribution in [0.25, 0.3) is 0 Å². The average molecular weight is 304 g/mol. The fourth-order valence-corrected chi connectivity index (χ4v) is 3.04. The molecule has 1 aliphatic heterocycles. The van der Waals surface area contributed by atoms with Crippen LogP contribution in [0.4, 0.5) is 0 Å². The van der Waals surface area contributed by atoms with Crippen molar-refractivity contribution in [3.63, 3.8) is 0 Å². The Morgan fingerprint density at radius 3 is 3.00 bits per heavy atom. The zero-order chi connectivity index (χ0) is 14.8. The maximum Gasteiger partial charge on any atom is 0.267 e. The lowest BCUT2D eigenvalue weighted by atomic mass is 10.1. The van der Waals surface area contributed by atoms with E-state index in [1.807, 2.05) is 12.4 Å². The first-order chi connectivity index (χ1) is 10.1. The van der Waals surface area contributed by atoms with E-state index < -0.39 is 5.91 Å². The molecule has 0 aliphatic carbocycles. The molecule has 0 bridgehead atoms. The largest absolute Gasteiger partial charge is 0.488 e. The van der Waals surface area contributed by atoms with Crippen molar-refractivity contribution in [3.8, 4) is 5.75 Å². The molecule has 7 heteroatoms. The fourth-order valence-electron chi connectivity index (χ4n) is 2.22. The van der Waals surface area contributed by atoms with Crippen molar-refractivity contribution in [2.75, 3.05) is 13.1 Å². The number of likely N-dealkylation sites (tertiary alicyclic amines) is 1. The number of nitrogens with two attached hydrogens (primary N) is 1. The van der Waals surface area contributed by atoms with Crippen molar-refractivity contribution in [2.24, 2.45) is 5.73 Å². The van der Waals surface area contributed by atoms with E-state index in [0.717, 1.165) is 25.3 Å². The second-order valence-electron chi connectivity index (χ2n) is 5.04. The molecule has 110 valence electrons. The smallest absolute Gasteiger partial charge is 0.267 e. The van der Waals surface area contributed by atoms with Crippen LogP contribution in [-0.4, -0.2) is 40.0 Å². The summed E-state index contributed by atoms with van der Waals surface area (Å²) in [5, 5.41) is 0. The first-order valence-electron chi connectivity index (χ1n) is 6.65. The molecule has 0 saturated carbocycles. The monoisotopic (exact) mass is 304 g/mol. The molecular formula is C14H16N4O2S. The number of carbonyl (C=O) groups is 1. The van der Waals surface area contributed by atoms with Gasteiger partial charge >= 0.3 is 0 Å². The molecule has 1 amide bonds. The van der Waals surface area contributed by atoms with E-state index in [0.29, 0.717) is 5.75 Å². The Hall–Kier alpha value is -1.99. The van der Waals surface area contributed by atoms with Gasteiger partial charge in [0.05, 0.1) is 11.2 Å². The normalized spacial score (nSPS) is 15.7. The van der Waals surface area contributed by atoms with Gasteiger partial charge in [0.15, 0.2) is 0 Å². The molecule has 3 rings (SSSR count). The number of rotatable bonds is 5. The molecule has 2 aromatic heterocycles. The minimum atomic E-state index is -0.545. The summed E-state index contributed by atoms with van der Waals surface area (Å²) in [4.78, 5) is 22.8. The van der Waals surface area contributed by atoms with Crippen molar-refractivity contribution < 1.29 is 9.53 Å². The highest BCUT2D eigenvalue weighted by molar-refractivity contribution is 7.09. The molecule has 1 fully saturated rings. The van der Waals surface area contributed by atoms with Gasteiger partial charge < -0.3 is 10.5 Å². The number of primary amides is 1. The Bertz CT molecular complexity index is 652. The van der Waals surface area contributed by atoms with Gasteiger partial charge in [-0.2, -0.15) is 0 Å². The molecule has 1 aliphatic rings. The zero-order valence-electron chi connectivity index (χ0n) is 11.7. The molecule has 21 heavy (non-hydrogen) atoms. The molecule has 0 unspecified atom stereocenters. The summed E-state index contributed by atoms with van der Waals surface area (Å²) in [6.45, 7) is 4.68. The summed E-state index contributed by atoms with van der Waals surface area (Å²) < 4.78 is 5.82. The molecule has 0 radical (unpaired) electrons. The summed E-state index contributed by atoms with van der Waals surface area (Å²) in [6.07, 6.45) is 1.67. The standard InChI is InChI=1S/C14H16N4O2S/c1-9-13(21-8-17-9)7-18-5-11(6-18)20-10-2-3-16-12(4-10)14(15)19/h2-4,8,11H,5-7H2,1H3,(H2,15,19). The number of amides is 1. The van der Waals surface area contributed by atoms with E-state index in [4.69, 9.17) is 10.5 Å². The van der Waals surface area contributed by atoms with Crippen LogP contribution in [0.15, 0.2) is 23.8 Å². The average Bonchev–Trinajstić information content (AvgIpc) is 2.82. The molecule has 3 heterocycles. The van der Waals surface area contributed by atoms with E-state index in [1.165, 1.54) is 11.1 Å². The van der Waals surface area contributed by atoms with E-state index in [-0.39, 0.29) is 11.8 Å². The maximum absolute atomic E-state index is 11.1. The van der Waals surface area contributed by atoms with Crippen LogP contribution in [0.5, 0.6) is 5.75 Å². The Morgan fingerprint density at radius 1 is 1.52 bits per heavy atom. The highest BCUT2D eigenvalue weighted by Crippen LogP contribution is 2.22. The Balaban J connectivity index is 1.52.